The van der Waals surface area contributed by atoms with Gasteiger partial charge in [-0.05, 0) is 60.0 Å². The Hall–Kier alpha value is -4.15. The Morgan fingerprint density at radius 1 is 0.737 bits per heavy atom. The van der Waals surface area contributed by atoms with E-state index in [2.05, 4.69) is 137 Å². The van der Waals surface area contributed by atoms with E-state index < -0.39 is 5.54 Å². The standard InChI is InChI=1S/C34H25N3S/c1-21(2)22-16-18-23(19-17-22)36-28-13-8-15-30-32(28)37-31-26(11-7-14-29(31)38-30)34(33(36)37)25-10-4-3-9-24(25)27-12-5-6-20-35(27)34/h3-21H,1-2H3/q+2. The van der Waals surface area contributed by atoms with Crippen LogP contribution in [-0.4, -0.2) is 4.57 Å². The third-order valence-corrected chi connectivity index (χ3v) is 9.75. The predicted molar refractivity (Wildman–Crippen MR) is 150 cm³/mol. The third-order valence-electron chi connectivity index (χ3n) is 8.65. The molecule has 38 heavy (non-hydrogen) atoms. The molecule has 0 bridgehead atoms. The Labute approximate surface area is 225 Å². The Balaban J connectivity index is 1.53. The summed E-state index contributed by atoms with van der Waals surface area (Å²) < 4.78 is 7.63. The van der Waals surface area contributed by atoms with Gasteiger partial charge in [0.1, 0.15) is 5.69 Å². The van der Waals surface area contributed by atoms with Crippen molar-refractivity contribution in [3.05, 3.63) is 132 Å². The highest BCUT2D eigenvalue weighted by Crippen LogP contribution is 2.55. The van der Waals surface area contributed by atoms with E-state index in [4.69, 9.17) is 0 Å². The fourth-order valence-electron chi connectivity index (χ4n) is 7.11. The van der Waals surface area contributed by atoms with Crippen molar-refractivity contribution in [3.8, 4) is 22.6 Å². The molecular weight excluding hydrogens is 482 g/mol. The minimum Gasteiger partial charge on any atom is -0.185 e. The topological polar surface area (TPSA) is 12.7 Å². The van der Waals surface area contributed by atoms with Crippen LogP contribution in [0.3, 0.4) is 0 Å². The summed E-state index contributed by atoms with van der Waals surface area (Å²) in [5.74, 6) is 1.78. The molecule has 0 N–H and O–H groups in total. The zero-order chi connectivity index (χ0) is 25.2. The van der Waals surface area contributed by atoms with Crippen molar-refractivity contribution in [1.82, 2.24) is 4.57 Å². The lowest BCUT2D eigenvalue weighted by molar-refractivity contribution is -0.733. The minimum absolute atomic E-state index is 0.476. The molecule has 0 amide bonds. The molecule has 0 fully saturated rings. The molecule has 180 valence electrons. The first-order chi connectivity index (χ1) is 18.7. The van der Waals surface area contributed by atoms with E-state index in [9.17, 15) is 0 Å². The third kappa shape index (κ3) is 2.26. The molecule has 0 aliphatic carbocycles. The summed E-state index contributed by atoms with van der Waals surface area (Å²) in [6.07, 6.45) is 2.28. The van der Waals surface area contributed by atoms with Crippen LogP contribution >= 0.6 is 11.8 Å². The van der Waals surface area contributed by atoms with Crippen LogP contribution in [0.15, 0.2) is 119 Å². The SMILES string of the molecule is CC(C)c1ccc(-n2c3[n+]4c5c(cccc52)Sc2cccc(c2-4)C32c3ccccc3-c3cccc[n+]32)cc1. The Morgan fingerprint density at radius 2 is 1.50 bits per heavy atom. The molecule has 6 aromatic rings. The number of nitrogens with zero attached hydrogens (tertiary/aromatic N) is 3. The van der Waals surface area contributed by atoms with Crippen LogP contribution in [0.2, 0.25) is 0 Å². The van der Waals surface area contributed by atoms with E-state index in [-0.39, 0.29) is 0 Å². The van der Waals surface area contributed by atoms with Gasteiger partial charge < -0.3 is 0 Å². The number of hydrogen-bond donors (Lipinski definition) is 0. The molecule has 0 radical (unpaired) electrons. The maximum atomic E-state index is 2.58. The summed E-state index contributed by atoms with van der Waals surface area (Å²) >= 11 is 1.90. The van der Waals surface area contributed by atoms with Crippen molar-refractivity contribution >= 4 is 22.8 Å². The van der Waals surface area contributed by atoms with Crippen molar-refractivity contribution in [3.63, 3.8) is 0 Å². The van der Waals surface area contributed by atoms with E-state index in [1.165, 1.54) is 66.0 Å². The summed E-state index contributed by atoms with van der Waals surface area (Å²) in [5, 5.41) is 0. The van der Waals surface area contributed by atoms with Gasteiger partial charge >= 0.3 is 11.4 Å². The van der Waals surface area contributed by atoms with Gasteiger partial charge in [0.15, 0.2) is 22.9 Å². The molecule has 0 saturated carbocycles. The molecule has 1 unspecified atom stereocenters. The predicted octanol–water partition coefficient (Wildman–Crippen LogP) is 6.92. The van der Waals surface area contributed by atoms with Gasteiger partial charge in [-0.2, -0.15) is 13.7 Å². The number of pyridine rings is 1. The number of imidazole rings is 1. The zero-order valence-electron chi connectivity index (χ0n) is 21.2. The first-order valence-corrected chi connectivity index (χ1v) is 14.1. The summed E-state index contributed by atoms with van der Waals surface area (Å²) in [5.41, 5.74) is 11.2. The van der Waals surface area contributed by atoms with Gasteiger partial charge in [-0.25, -0.2) is 0 Å². The molecule has 3 aliphatic heterocycles. The highest BCUT2D eigenvalue weighted by molar-refractivity contribution is 7.99. The van der Waals surface area contributed by atoms with Gasteiger partial charge in [-0.15, -0.1) is 0 Å². The lowest BCUT2D eigenvalue weighted by Gasteiger charge is -2.20. The molecule has 0 saturated heterocycles. The second kappa shape index (κ2) is 7.03. The van der Waals surface area contributed by atoms with Crippen LogP contribution < -0.4 is 9.13 Å². The van der Waals surface area contributed by atoms with E-state index in [0.29, 0.717) is 5.92 Å². The number of aromatic nitrogens is 3. The van der Waals surface area contributed by atoms with E-state index >= 15 is 0 Å². The molecule has 9 rings (SSSR count). The van der Waals surface area contributed by atoms with Crippen molar-refractivity contribution in [1.29, 1.82) is 0 Å². The fraction of sp³-hybridized carbons (Fsp3) is 0.118. The summed E-state index contributed by atoms with van der Waals surface area (Å²) in [6.45, 7) is 4.52. The summed E-state index contributed by atoms with van der Waals surface area (Å²) in [6, 6.07) is 38.5. The van der Waals surface area contributed by atoms with Crippen LogP contribution in [-0.2, 0) is 5.54 Å². The molecule has 4 heteroatoms. The molecule has 3 aliphatic rings. The quantitative estimate of drug-likeness (QED) is 0.232. The Bertz CT molecular complexity index is 1930. The normalized spacial score (nSPS) is 17.4. The first-order valence-electron chi connectivity index (χ1n) is 13.3. The molecule has 1 spiro atoms. The van der Waals surface area contributed by atoms with Crippen molar-refractivity contribution < 1.29 is 9.13 Å². The van der Waals surface area contributed by atoms with Crippen LogP contribution in [0, 0.1) is 0 Å². The maximum Gasteiger partial charge on any atom is 0.352 e. The fourth-order valence-corrected chi connectivity index (χ4v) is 8.23. The largest absolute Gasteiger partial charge is 0.352 e. The van der Waals surface area contributed by atoms with E-state index in [1.807, 2.05) is 11.8 Å². The first kappa shape index (κ1) is 20.9. The van der Waals surface area contributed by atoms with Crippen molar-refractivity contribution in [2.24, 2.45) is 0 Å². The van der Waals surface area contributed by atoms with E-state index in [1.54, 1.807) is 0 Å². The monoisotopic (exact) mass is 507 g/mol. The molecule has 4 aromatic carbocycles. The second-order valence-corrected chi connectivity index (χ2v) is 11.9. The lowest BCUT2D eigenvalue weighted by atomic mass is 9.83. The Kier molecular flexibility index (Phi) is 3.86. The van der Waals surface area contributed by atoms with Crippen molar-refractivity contribution in [2.45, 2.75) is 35.1 Å². The minimum atomic E-state index is -0.476. The van der Waals surface area contributed by atoms with Gasteiger partial charge in [0.25, 0.3) is 0 Å². The van der Waals surface area contributed by atoms with E-state index in [0.717, 1.165) is 0 Å². The number of rotatable bonds is 2. The van der Waals surface area contributed by atoms with Gasteiger partial charge in [0.2, 0.25) is 5.69 Å². The average molecular weight is 508 g/mol. The average Bonchev–Trinajstić information content (AvgIpc) is 3.56. The zero-order valence-corrected chi connectivity index (χ0v) is 22.0. The lowest BCUT2D eigenvalue weighted by Crippen LogP contribution is -2.57. The second-order valence-electron chi connectivity index (χ2n) is 10.8. The summed E-state index contributed by atoms with van der Waals surface area (Å²) in [7, 11) is 0. The summed E-state index contributed by atoms with van der Waals surface area (Å²) in [4.78, 5) is 2.63. The van der Waals surface area contributed by atoms with Gasteiger partial charge in [-0.3, -0.25) is 0 Å². The van der Waals surface area contributed by atoms with Gasteiger partial charge in [0.05, 0.1) is 26.5 Å². The number of fused-ring (bicyclic) bond motifs is 7. The van der Waals surface area contributed by atoms with Gasteiger partial charge in [0, 0.05) is 12.1 Å². The van der Waals surface area contributed by atoms with Crippen LogP contribution in [0.25, 0.3) is 33.7 Å². The highest BCUT2D eigenvalue weighted by atomic mass is 32.2. The molecule has 2 aromatic heterocycles. The molecule has 1 atom stereocenters. The number of benzene rings is 4. The van der Waals surface area contributed by atoms with Crippen molar-refractivity contribution in [2.75, 3.05) is 0 Å². The smallest absolute Gasteiger partial charge is 0.185 e. The molecule has 3 nitrogen and oxygen atoms in total. The van der Waals surface area contributed by atoms with Crippen LogP contribution in [0.4, 0.5) is 0 Å². The number of hydrogen-bond acceptors (Lipinski definition) is 1. The highest BCUT2D eigenvalue weighted by Gasteiger charge is 2.68. The Morgan fingerprint density at radius 3 is 2.37 bits per heavy atom. The molecule has 5 heterocycles. The van der Waals surface area contributed by atoms with Crippen LogP contribution in [0.5, 0.6) is 0 Å². The van der Waals surface area contributed by atoms with Crippen LogP contribution in [0.1, 0.15) is 42.3 Å². The number of para-hydroxylation sites is 2. The van der Waals surface area contributed by atoms with Gasteiger partial charge in [-0.1, -0.05) is 68.1 Å². The molecular formula is C34H25N3S+2. The maximum absolute atomic E-state index is 2.58.